The maximum absolute atomic E-state index is 12.4. The van der Waals surface area contributed by atoms with E-state index in [-0.39, 0.29) is 24.0 Å². The summed E-state index contributed by atoms with van der Waals surface area (Å²) in [4.78, 5) is 18.1. The van der Waals surface area contributed by atoms with Crippen LogP contribution in [0.5, 0.6) is 0 Å². The van der Waals surface area contributed by atoms with Crippen molar-refractivity contribution in [1.29, 1.82) is 0 Å². The number of aromatic nitrogens is 2. The number of piperidine rings is 1. The summed E-state index contributed by atoms with van der Waals surface area (Å²) in [5.41, 5.74) is 0. The van der Waals surface area contributed by atoms with Gasteiger partial charge in [0.15, 0.2) is 15.7 Å². The highest BCUT2D eigenvalue weighted by Crippen LogP contribution is 2.22. The fourth-order valence-corrected chi connectivity index (χ4v) is 3.95. The van der Waals surface area contributed by atoms with Crippen LogP contribution in [0.15, 0.2) is 4.52 Å². The van der Waals surface area contributed by atoms with Crippen molar-refractivity contribution < 1.29 is 17.7 Å². The molecule has 2 rings (SSSR count). The van der Waals surface area contributed by atoms with Gasteiger partial charge in [0.1, 0.15) is 5.25 Å². The molecule has 2 heterocycles. The molecule has 1 saturated heterocycles. The Morgan fingerprint density at radius 3 is 2.67 bits per heavy atom. The molecule has 1 aromatic rings. The first kappa shape index (κ1) is 18.9. The second-order valence-electron chi connectivity index (χ2n) is 6.35. The van der Waals surface area contributed by atoms with E-state index in [1.807, 2.05) is 0 Å². The molecule has 24 heavy (non-hydrogen) atoms. The van der Waals surface area contributed by atoms with Crippen molar-refractivity contribution in [3.8, 4) is 0 Å². The van der Waals surface area contributed by atoms with Crippen LogP contribution in [-0.4, -0.2) is 48.2 Å². The number of unbranched alkanes of at least 4 members (excludes halogenated alkanes) is 1. The molecule has 1 atom stereocenters. The Balaban J connectivity index is 1.91. The van der Waals surface area contributed by atoms with Gasteiger partial charge in [0.25, 0.3) is 0 Å². The fourth-order valence-electron chi connectivity index (χ4n) is 2.73. The number of sulfone groups is 1. The maximum Gasteiger partial charge on any atom is 0.244 e. The van der Waals surface area contributed by atoms with Crippen molar-refractivity contribution in [2.45, 2.75) is 64.0 Å². The minimum atomic E-state index is -3.50. The first-order valence-corrected chi connectivity index (χ1v) is 10.5. The average Bonchev–Trinajstić information content (AvgIpc) is 3.06. The molecule has 1 aromatic heterocycles. The minimum Gasteiger partial charge on any atom is -0.343 e. The summed E-state index contributed by atoms with van der Waals surface area (Å²) in [7, 11) is -3.50. The third-order valence-corrected chi connectivity index (χ3v) is 6.49. The summed E-state index contributed by atoms with van der Waals surface area (Å²) in [6.07, 6.45) is 5.77. The molecule has 136 valence electrons. The van der Waals surface area contributed by atoms with Crippen molar-refractivity contribution in [1.82, 2.24) is 15.0 Å². The lowest BCUT2D eigenvalue weighted by molar-refractivity contribution is -0.131. The predicted molar refractivity (Wildman–Crippen MR) is 90.2 cm³/mol. The molecule has 1 aliphatic heterocycles. The molecule has 8 heteroatoms. The van der Waals surface area contributed by atoms with E-state index in [9.17, 15) is 13.2 Å². The van der Waals surface area contributed by atoms with Crippen LogP contribution in [0.2, 0.25) is 0 Å². The lowest BCUT2D eigenvalue weighted by Crippen LogP contribution is -2.36. The van der Waals surface area contributed by atoms with Gasteiger partial charge in [0.2, 0.25) is 11.8 Å². The highest BCUT2D eigenvalue weighted by molar-refractivity contribution is 7.91. The predicted octanol–water partition coefficient (Wildman–Crippen LogP) is 2.29. The highest BCUT2D eigenvalue weighted by Gasteiger charge is 2.29. The normalized spacial score (nSPS) is 17.0. The second kappa shape index (κ2) is 8.60. The van der Waals surface area contributed by atoms with E-state index in [0.717, 1.165) is 45.2 Å². The summed E-state index contributed by atoms with van der Waals surface area (Å²) in [6, 6.07) is 0. The lowest BCUT2D eigenvalue weighted by Gasteiger charge is -2.26. The molecule has 0 aromatic carbocycles. The van der Waals surface area contributed by atoms with Gasteiger partial charge >= 0.3 is 0 Å². The Labute approximate surface area is 143 Å². The molecule has 1 amide bonds. The van der Waals surface area contributed by atoms with Crippen LogP contribution in [0.3, 0.4) is 0 Å². The molecule has 7 nitrogen and oxygen atoms in total. The lowest BCUT2D eigenvalue weighted by atomic mass is 10.1. The van der Waals surface area contributed by atoms with E-state index >= 15 is 0 Å². The van der Waals surface area contributed by atoms with Crippen LogP contribution in [0.25, 0.3) is 0 Å². The number of carbonyl (C=O) groups is 1. The monoisotopic (exact) mass is 357 g/mol. The van der Waals surface area contributed by atoms with Gasteiger partial charge in [0, 0.05) is 25.9 Å². The Morgan fingerprint density at radius 2 is 2.00 bits per heavy atom. The third-order valence-electron chi connectivity index (χ3n) is 4.43. The quantitative estimate of drug-likeness (QED) is 0.708. The van der Waals surface area contributed by atoms with Crippen molar-refractivity contribution >= 4 is 15.7 Å². The van der Waals surface area contributed by atoms with E-state index in [4.69, 9.17) is 4.52 Å². The molecule has 0 N–H and O–H groups in total. The molecule has 0 bridgehead atoms. The van der Waals surface area contributed by atoms with Crippen molar-refractivity contribution in [3.05, 3.63) is 11.7 Å². The van der Waals surface area contributed by atoms with Gasteiger partial charge in [-0.1, -0.05) is 18.5 Å². The van der Waals surface area contributed by atoms with Gasteiger partial charge < -0.3 is 9.42 Å². The van der Waals surface area contributed by atoms with Gasteiger partial charge in [-0.2, -0.15) is 4.98 Å². The van der Waals surface area contributed by atoms with Crippen LogP contribution < -0.4 is 0 Å². The van der Waals surface area contributed by atoms with Gasteiger partial charge in [-0.15, -0.1) is 0 Å². The summed E-state index contributed by atoms with van der Waals surface area (Å²) < 4.78 is 30.0. The molecule has 1 unspecified atom stereocenters. The molecule has 1 aliphatic rings. The number of rotatable bonds is 8. The average molecular weight is 357 g/mol. The molecule has 0 radical (unpaired) electrons. The zero-order valence-corrected chi connectivity index (χ0v) is 15.3. The van der Waals surface area contributed by atoms with E-state index in [2.05, 4.69) is 17.1 Å². The number of carbonyl (C=O) groups excluding carboxylic acids is 1. The molecule has 0 aliphatic carbocycles. The maximum atomic E-state index is 12.4. The molecule has 1 fully saturated rings. The summed E-state index contributed by atoms with van der Waals surface area (Å²) >= 11 is 0. The van der Waals surface area contributed by atoms with Crippen molar-refractivity contribution in [2.24, 2.45) is 0 Å². The number of hydrogen-bond acceptors (Lipinski definition) is 6. The molecule has 0 spiro atoms. The standard InChI is InChI=1S/C16H27N3O4S/c1-3-4-8-14-17-16(23-18-14)13(2)24(21,22)12-9-15(20)19-10-6-5-7-11-19/h13H,3-12H2,1-2H3. The molecular formula is C16H27N3O4S. The molecular weight excluding hydrogens is 330 g/mol. The highest BCUT2D eigenvalue weighted by atomic mass is 32.2. The Kier molecular flexibility index (Phi) is 6.77. The summed E-state index contributed by atoms with van der Waals surface area (Å²) in [5, 5.41) is 2.95. The first-order valence-electron chi connectivity index (χ1n) is 8.76. The Morgan fingerprint density at radius 1 is 1.29 bits per heavy atom. The summed E-state index contributed by atoms with van der Waals surface area (Å²) in [5.74, 6) is 0.389. The van der Waals surface area contributed by atoms with Gasteiger partial charge in [0.05, 0.1) is 5.75 Å². The number of nitrogens with zero attached hydrogens (tertiary/aromatic N) is 3. The number of aryl methyl sites for hydroxylation is 1. The fraction of sp³-hybridized carbons (Fsp3) is 0.812. The number of likely N-dealkylation sites (tertiary alicyclic amines) is 1. The zero-order valence-electron chi connectivity index (χ0n) is 14.5. The van der Waals surface area contributed by atoms with E-state index in [1.54, 1.807) is 4.90 Å². The van der Waals surface area contributed by atoms with Crippen LogP contribution in [-0.2, 0) is 21.1 Å². The van der Waals surface area contributed by atoms with Crippen LogP contribution in [0.1, 0.15) is 69.3 Å². The van der Waals surface area contributed by atoms with Gasteiger partial charge in [-0.3, -0.25) is 4.79 Å². The largest absolute Gasteiger partial charge is 0.343 e. The van der Waals surface area contributed by atoms with E-state index in [1.165, 1.54) is 6.92 Å². The minimum absolute atomic E-state index is 0.0174. The van der Waals surface area contributed by atoms with Gasteiger partial charge in [-0.05, 0) is 32.6 Å². The second-order valence-corrected chi connectivity index (χ2v) is 8.79. The summed E-state index contributed by atoms with van der Waals surface area (Å²) in [6.45, 7) is 5.07. The molecule has 0 saturated carbocycles. The van der Waals surface area contributed by atoms with Crippen molar-refractivity contribution in [2.75, 3.05) is 18.8 Å². The Bertz CT molecular complexity index is 636. The van der Waals surface area contributed by atoms with E-state index in [0.29, 0.717) is 12.2 Å². The smallest absolute Gasteiger partial charge is 0.244 e. The van der Waals surface area contributed by atoms with Gasteiger partial charge in [-0.25, -0.2) is 8.42 Å². The van der Waals surface area contributed by atoms with Crippen LogP contribution in [0, 0.1) is 0 Å². The van der Waals surface area contributed by atoms with Crippen molar-refractivity contribution in [3.63, 3.8) is 0 Å². The first-order chi connectivity index (χ1) is 11.4. The van der Waals surface area contributed by atoms with Crippen LogP contribution >= 0.6 is 0 Å². The SMILES string of the molecule is CCCCc1noc(C(C)S(=O)(=O)CCC(=O)N2CCCCC2)n1. The van der Waals surface area contributed by atoms with E-state index < -0.39 is 15.1 Å². The Hall–Kier alpha value is -1.44. The number of hydrogen-bond donors (Lipinski definition) is 0. The number of amides is 1. The van der Waals surface area contributed by atoms with Crippen LogP contribution in [0.4, 0.5) is 0 Å². The topological polar surface area (TPSA) is 93.4 Å². The zero-order chi connectivity index (χ0) is 17.6. The third kappa shape index (κ3) is 5.03.